The predicted octanol–water partition coefficient (Wildman–Crippen LogP) is 1.20. The van der Waals surface area contributed by atoms with E-state index in [-0.39, 0.29) is 24.8 Å². The van der Waals surface area contributed by atoms with E-state index in [2.05, 4.69) is 27.2 Å². The summed E-state index contributed by atoms with van der Waals surface area (Å²) < 4.78 is 1.91. The summed E-state index contributed by atoms with van der Waals surface area (Å²) in [5, 5.41) is 7.57. The summed E-state index contributed by atoms with van der Waals surface area (Å²) in [5.74, 6) is 0. The van der Waals surface area contributed by atoms with Crippen molar-refractivity contribution in [3.05, 3.63) is 12.7 Å². The third-order valence-corrected chi connectivity index (χ3v) is 3.14. The van der Waals surface area contributed by atoms with Crippen molar-refractivity contribution in [3.63, 3.8) is 0 Å². The fraction of sp³-hybridized carbons (Fsp3) is 0.818. The lowest BCUT2D eigenvalue weighted by Gasteiger charge is -2.27. The van der Waals surface area contributed by atoms with E-state index < -0.39 is 0 Å². The van der Waals surface area contributed by atoms with E-state index in [0.29, 0.717) is 6.04 Å². The van der Waals surface area contributed by atoms with Gasteiger partial charge in [-0.2, -0.15) is 5.10 Å². The first-order valence-electron chi connectivity index (χ1n) is 6.17. The quantitative estimate of drug-likeness (QED) is 0.857. The highest BCUT2D eigenvalue weighted by molar-refractivity contribution is 5.85. The standard InChI is InChI=1S/C11H21N5.2ClH/c1-2-5-15(11-3-4-12-8-11)6-7-16-10-13-9-14-16;;/h9-12H,2-8H2,1H3;2*1H. The van der Waals surface area contributed by atoms with Crippen LogP contribution in [-0.2, 0) is 6.54 Å². The van der Waals surface area contributed by atoms with Crippen LogP contribution >= 0.6 is 24.8 Å². The first kappa shape index (κ1) is 17.6. The molecule has 0 bridgehead atoms. The average molecular weight is 296 g/mol. The summed E-state index contributed by atoms with van der Waals surface area (Å²) in [6.45, 7) is 7.73. The largest absolute Gasteiger partial charge is 0.315 e. The Kier molecular flexibility index (Phi) is 9.36. The van der Waals surface area contributed by atoms with Crippen LogP contribution in [0.4, 0.5) is 0 Å². The van der Waals surface area contributed by atoms with E-state index in [1.165, 1.54) is 19.4 Å². The Labute approximate surface area is 121 Å². The molecule has 0 saturated carbocycles. The number of nitrogens with zero attached hydrogens (tertiary/aromatic N) is 4. The Morgan fingerprint density at radius 2 is 2.22 bits per heavy atom. The predicted molar refractivity (Wildman–Crippen MR) is 77.7 cm³/mol. The minimum atomic E-state index is 0. The van der Waals surface area contributed by atoms with Crippen molar-refractivity contribution in [2.75, 3.05) is 26.2 Å². The van der Waals surface area contributed by atoms with Crippen LogP contribution in [0.1, 0.15) is 19.8 Å². The van der Waals surface area contributed by atoms with Crippen molar-refractivity contribution in [2.45, 2.75) is 32.4 Å². The molecular weight excluding hydrogens is 273 g/mol. The first-order valence-corrected chi connectivity index (χ1v) is 6.17. The van der Waals surface area contributed by atoms with Crippen LogP contribution in [0.2, 0.25) is 0 Å². The molecule has 2 rings (SSSR count). The zero-order chi connectivity index (χ0) is 11.2. The van der Waals surface area contributed by atoms with E-state index in [0.717, 1.165) is 26.2 Å². The Morgan fingerprint density at radius 1 is 1.39 bits per heavy atom. The molecule has 1 saturated heterocycles. The smallest absolute Gasteiger partial charge is 0.137 e. The first-order chi connectivity index (χ1) is 7.90. The SMILES string of the molecule is CCCN(CCn1cncn1)C1CCNC1.Cl.Cl. The molecule has 1 aliphatic heterocycles. The van der Waals surface area contributed by atoms with Crippen molar-refractivity contribution in [1.29, 1.82) is 0 Å². The summed E-state index contributed by atoms with van der Waals surface area (Å²) in [6, 6.07) is 0.712. The van der Waals surface area contributed by atoms with Crippen LogP contribution in [0.5, 0.6) is 0 Å². The number of halogens is 2. The van der Waals surface area contributed by atoms with Gasteiger partial charge in [0.2, 0.25) is 0 Å². The molecule has 2 heterocycles. The summed E-state index contributed by atoms with van der Waals surface area (Å²) in [4.78, 5) is 6.54. The number of rotatable bonds is 6. The van der Waals surface area contributed by atoms with Gasteiger partial charge in [0.1, 0.15) is 12.7 Å². The van der Waals surface area contributed by atoms with E-state index in [9.17, 15) is 0 Å². The topological polar surface area (TPSA) is 46.0 Å². The van der Waals surface area contributed by atoms with Crippen LogP contribution in [0, 0.1) is 0 Å². The Balaban J connectivity index is 0.00000144. The fourth-order valence-electron chi connectivity index (χ4n) is 2.29. The molecule has 0 spiro atoms. The minimum Gasteiger partial charge on any atom is -0.315 e. The lowest BCUT2D eigenvalue weighted by atomic mass is 10.2. The van der Waals surface area contributed by atoms with Gasteiger partial charge in [0.25, 0.3) is 0 Å². The summed E-state index contributed by atoms with van der Waals surface area (Å²) in [5.41, 5.74) is 0. The van der Waals surface area contributed by atoms with E-state index in [4.69, 9.17) is 0 Å². The molecule has 1 aromatic heterocycles. The highest BCUT2D eigenvalue weighted by atomic mass is 35.5. The van der Waals surface area contributed by atoms with Gasteiger partial charge in [-0.25, -0.2) is 4.98 Å². The number of aromatic nitrogens is 3. The maximum absolute atomic E-state index is 4.14. The highest BCUT2D eigenvalue weighted by Gasteiger charge is 2.21. The molecule has 1 fully saturated rings. The summed E-state index contributed by atoms with van der Waals surface area (Å²) in [6.07, 6.45) is 5.88. The lowest BCUT2D eigenvalue weighted by Crippen LogP contribution is -2.39. The van der Waals surface area contributed by atoms with Gasteiger partial charge in [0, 0.05) is 19.1 Å². The van der Waals surface area contributed by atoms with Crippen molar-refractivity contribution in [3.8, 4) is 0 Å². The van der Waals surface area contributed by atoms with E-state index in [1.807, 2.05) is 4.68 Å². The van der Waals surface area contributed by atoms with Crippen molar-refractivity contribution in [2.24, 2.45) is 0 Å². The van der Waals surface area contributed by atoms with Gasteiger partial charge in [-0.05, 0) is 25.9 Å². The molecule has 0 radical (unpaired) electrons. The van der Waals surface area contributed by atoms with Crippen molar-refractivity contribution >= 4 is 24.8 Å². The van der Waals surface area contributed by atoms with Crippen LogP contribution in [-0.4, -0.2) is 51.9 Å². The maximum atomic E-state index is 4.14. The second-order valence-corrected chi connectivity index (χ2v) is 4.34. The van der Waals surface area contributed by atoms with Crippen LogP contribution in [0.15, 0.2) is 12.7 Å². The fourth-order valence-corrected chi connectivity index (χ4v) is 2.29. The monoisotopic (exact) mass is 295 g/mol. The van der Waals surface area contributed by atoms with Crippen molar-refractivity contribution in [1.82, 2.24) is 25.0 Å². The minimum absolute atomic E-state index is 0. The molecule has 1 N–H and O–H groups in total. The van der Waals surface area contributed by atoms with Gasteiger partial charge in [-0.3, -0.25) is 9.58 Å². The molecule has 1 unspecified atom stereocenters. The van der Waals surface area contributed by atoms with Gasteiger partial charge >= 0.3 is 0 Å². The molecule has 1 aliphatic rings. The summed E-state index contributed by atoms with van der Waals surface area (Å²) in [7, 11) is 0. The summed E-state index contributed by atoms with van der Waals surface area (Å²) >= 11 is 0. The van der Waals surface area contributed by atoms with Gasteiger partial charge in [-0.1, -0.05) is 6.92 Å². The maximum Gasteiger partial charge on any atom is 0.137 e. The molecule has 5 nitrogen and oxygen atoms in total. The molecule has 0 aromatic carbocycles. The van der Waals surface area contributed by atoms with Crippen LogP contribution < -0.4 is 5.32 Å². The molecule has 18 heavy (non-hydrogen) atoms. The average Bonchev–Trinajstić information content (AvgIpc) is 2.96. The Hall–Kier alpha value is -0.360. The zero-order valence-corrected chi connectivity index (χ0v) is 12.4. The van der Waals surface area contributed by atoms with E-state index in [1.54, 1.807) is 12.7 Å². The second-order valence-electron chi connectivity index (χ2n) is 4.34. The third kappa shape index (κ3) is 5.10. The molecule has 106 valence electrons. The molecule has 0 aliphatic carbocycles. The highest BCUT2D eigenvalue weighted by Crippen LogP contribution is 2.09. The van der Waals surface area contributed by atoms with Crippen LogP contribution in [0.3, 0.4) is 0 Å². The van der Waals surface area contributed by atoms with Gasteiger partial charge in [0.05, 0.1) is 6.54 Å². The number of nitrogens with one attached hydrogen (secondary N) is 1. The Bertz CT molecular complexity index is 288. The third-order valence-electron chi connectivity index (χ3n) is 3.14. The molecule has 1 atom stereocenters. The van der Waals surface area contributed by atoms with E-state index >= 15 is 0 Å². The van der Waals surface area contributed by atoms with Crippen LogP contribution in [0.25, 0.3) is 0 Å². The van der Waals surface area contributed by atoms with Crippen molar-refractivity contribution < 1.29 is 0 Å². The zero-order valence-electron chi connectivity index (χ0n) is 10.8. The number of hydrogen-bond donors (Lipinski definition) is 1. The van der Waals surface area contributed by atoms with Gasteiger partial charge < -0.3 is 5.32 Å². The number of hydrogen-bond acceptors (Lipinski definition) is 4. The molecule has 7 heteroatoms. The normalized spacial score (nSPS) is 18.4. The molecular formula is C11H23Cl2N5. The molecule has 0 amide bonds. The second kappa shape index (κ2) is 9.55. The van der Waals surface area contributed by atoms with Gasteiger partial charge in [0.15, 0.2) is 0 Å². The lowest BCUT2D eigenvalue weighted by molar-refractivity contribution is 0.198. The molecule has 1 aromatic rings. The van der Waals surface area contributed by atoms with Gasteiger partial charge in [-0.15, -0.1) is 24.8 Å². The Morgan fingerprint density at radius 3 is 2.78 bits per heavy atom.